The van der Waals surface area contributed by atoms with Crippen LogP contribution in [-0.2, 0) is 43.0 Å². The van der Waals surface area contributed by atoms with Crippen molar-refractivity contribution in [1.29, 1.82) is 0 Å². The molecule has 16 heteroatoms. The van der Waals surface area contributed by atoms with Gasteiger partial charge in [0.15, 0.2) is 0 Å². The van der Waals surface area contributed by atoms with Gasteiger partial charge in [-0.05, 0) is 51.4 Å². The zero-order chi connectivity index (χ0) is 36.6. The number of likely N-dealkylation sites (tertiary alicyclic amines) is 1. The molecule has 1 aliphatic heterocycles. The summed E-state index contributed by atoms with van der Waals surface area (Å²) in [6.45, 7) is 13.8. The van der Waals surface area contributed by atoms with Gasteiger partial charge in [0.25, 0.3) is 0 Å². The first-order valence-corrected chi connectivity index (χ1v) is 17.0. The highest BCUT2D eigenvalue weighted by molar-refractivity contribution is 5.99. The lowest BCUT2D eigenvalue weighted by molar-refractivity contribution is -0.143. The molecule has 0 aromatic rings. The average molecular weight is 694 g/mol. The average Bonchev–Trinajstić information content (AvgIpc) is 3.67. The smallest absolute Gasteiger partial charge is 0.246 e. The fourth-order valence-electron chi connectivity index (χ4n) is 5.56. The van der Waals surface area contributed by atoms with Gasteiger partial charge in [-0.15, -0.1) is 0 Å². The molecule has 7 amide bonds. The Bertz CT molecular complexity index is 1210. The fourth-order valence-corrected chi connectivity index (χ4v) is 5.56. The molecule has 0 spiro atoms. The molecule has 16 nitrogen and oxygen atoms in total. The maximum absolute atomic E-state index is 13.2. The van der Waals surface area contributed by atoms with Crippen molar-refractivity contribution in [2.75, 3.05) is 59.2 Å². The van der Waals surface area contributed by atoms with E-state index in [-0.39, 0.29) is 87.3 Å². The van der Waals surface area contributed by atoms with Gasteiger partial charge in [0.2, 0.25) is 41.4 Å². The Kier molecular flexibility index (Phi) is 17.2. The molecule has 2 rings (SSSR count). The normalized spacial score (nSPS) is 18.8. The molecule has 0 radical (unpaired) electrons. The van der Waals surface area contributed by atoms with Crippen LogP contribution in [-0.4, -0.2) is 123 Å². The van der Waals surface area contributed by atoms with Crippen LogP contribution in [0.25, 0.3) is 0 Å². The van der Waals surface area contributed by atoms with Crippen molar-refractivity contribution >= 4 is 41.4 Å². The van der Waals surface area contributed by atoms with Crippen LogP contribution in [0.3, 0.4) is 0 Å². The van der Waals surface area contributed by atoms with Crippen LogP contribution in [0.4, 0.5) is 0 Å². The van der Waals surface area contributed by atoms with E-state index < -0.39 is 29.4 Å². The van der Waals surface area contributed by atoms with Crippen LogP contribution in [0, 0.1) is 11.8 Å². The molecule has 1 aliphatic carbocycles. The van der Waals surface area contributed by atoms with Crippen LogP contribution in [0.15, 0.2) is 12.2 Å². The van der Waals surface area contributed by atoms with Crippen LogP contribution < -0.4 is 31.9 Å². The SMILES string of the molecule is C=C(C)C(=O)NCCCNC(=O)COCCOCCNC(=O)[C@H](CC(C)C)NC(=O)CNC(=O)C12CC1CCN2C(=O)[C@H](C)NC(=O)CC. The molecule has 2 unspecified atom stereocenters. The Morgan fingerprint density at radius 3 is 2.20 bits per heavy atom. The predicted molar refractivity (Wildman–Crippen MR) is 180 cm³/mol. The second-order valence-corrected chi connectivity index (χ2v) is 12.9. The first kappa shape index (κ1) is 41.1. The third-order valence-electron chi connectivity index (χ3n) is 8.25. The van der Waals surface area contributed by atoms with Gasteiger partial charge in [0.1, 0.15) is 24.2 Å². The second kappa shape index (κ2) is 20.5. The number of carbonyl (C=O) groups is 7. The van der Waals surface area contributed by atoms with Gasteiger partial charge in [-0.3, -0.25) is 33.6 Å². The molecule has 0 aromatic heterocycles. The number of hydrogen-bond acceptors (Lipinski definition) is 9. The largest absolute Gasteiger partial charge is 0.377 e. The summed E-state index contributed by atoms with van der Waals surface area (Å²) in [5.74, 6) is -2.33. The molecular formula is C33H55N7O9. The molecule has 4 atom stereocenters. The van der Waals surface area contributed by atoms with Crippen LogP contribution >= 0.6 is 0 Å². The summed E-state index contributed by atoms with van der Waals surface area (Å²) in [5, 5.41) is 16.1. The van der Waals surface area contributed by atoms with Crippen molar-refractivity contribution in [2.45, 2.75) is 84.3 Å². The molecule has 6 N–H and O–H groups in total. The molecular weight excluding hydrogens is 638 g/mol. The van der Waals surface area contributed by atoms with Crippen molar-refractivity contribution in [1.82, 2.24) is 36.8 Å². The summed E-state index contributed by atoms with van der Waals surface area (Å²) in [5.41, 5.74) is -0.589. The molecule has 0 aromatic carbocycles. The third-order valence-corrected chi connectivity index (χ3v) is 8.25. The van der Waals surface area contributed by atoms with E-state index in [1.165, 1.54) is 4.90 Å². The van der Waals surface area contributed by atoms with E-state index in [1.807, 2.05) is 13.8 Å². The number of nitrogens with one attached hydrogen (secondary N) is 6. The van der Waals surface area contributed by atoms with E-state index in [0.717, 1.165) is 0 Å². The Hall–Kier alpha value is -4.05. The highest BCUT2D eigenvalue weighted by atomic mass is 16.5. The van der Waals surface area contributed by atoms with Gasteiger partial charge in [-0.2, -0.15) is 0 Å². The molecule has 276 valence electrons. The number of nitrogens with zero attached hydrogens (tertiary/aromatic N) is 1. The number of rotatable bonds is 23. The third kappa shape index (κ3) is 13.4. The fraction of sp³-hybridized carbons (Fsp3) is 0.727. The maximum Gasteiger partial charge on any atom is 0.246 e. The van der Waals surface area contributed by atoms with E-state index in [4.69, 9.17) is 9.47 Å². The van der Waals surface area contributed by atoms with Crippen molar-refractivity contribution in [3.05, 3.63) is 12.2 Å². The van der Waals surface area contributed by atoms with Crippen molar-refractivity contribution in [3.8, 4) is 0 Å². The van der Waals surface area contributed by atoms with E-state index in [2.05, 4.69) is 38.5 Å². The van der Waals surface area contributed by atoms with Gasteiger partial charge in [-0.25, -0.2) is 0 Å². The van der Waals surface area contributed by atoms with E-state index in [0.29, 0.717) is 50.9 Å². The molecule has 2 fully saturated rings. The van der Waals surface area contributed by atoms with Crippen LogP contribution in [0.5, 0.6) is 0 Å². The summed E-state index contributed by atoms with van der Waals surface area (Å²) in [6.07, 6.45) is 2.37. The number of carbonyl (C=O) groups excluding carboxylic acids is 7. The Labute approximate surface area is 288 Å². The molecule has 2 aliphatic rings. The summed E-state index contributed by atoms with van der Waals surface area (Å²) in [6, 6.07) is -1.59. The van der Waals surface area contributed by atoms with Gasteiger partial charge in [-0.1, -0.05) is 27.4 Å². The number of hydrogen-bond donors (Lipinski definition) is 6. The monoisotopic (exact) mass is 693 g/mol. The summed E-state index contributed by atoms with van der Waals surface area (Å²) in [7, 11) is 0. The molecule has 1 heterocycles. The lowest BCUT2D eigenvalue weighted by Crippen LogP contribution is -2.57. The number of piperidine rings is 1. The summed E-state index contributed by atoms with van der Waals surface area (Å²) >= 11 is 0. The van der Waals surface area contributed by atoms with E-state index >= 15 is 0 Å². The van der Waals surface area contributed by atoms with Crippen molar-refractivity contribution in [3.63, 3.8) is 0 Å². The molecule has 1 saturated heterocycles. The first-order chi connectivity index (χ1) is 23.2. The first-order valence-electron chi connectivity index (χ1n) is 17.0. The van der Waals surface area contributed by atoms with Crippen molar-refractivity contribution in [2.24, 2.45) is 11.8 Å². The van der Waals surface area contributed by atoms with Crippen molar-refractivity contribution < 1.29 is 43.0 Å². The highest BCUT2D eigenvalue weighted by Gasteiger charge is 2.68. The highest BCUT2D eigenvalue weighted by Crippen LogP contribution is 2.55. The predicted octanol–water partition coefficient (Wildman–Crippen LogP) is -1.11. The topological polar surface area (TPSA) is 213 Å². The second-order valence-electron chi connectivity index (χ2n) is 12.9. The minimum Gasteiger partial charge on any atom is -0.377 e. The number of fused-ring (bicyclic) bond motifs is 1. The van der Waals surface area contributed by atoms with Crippen LogP contribution in [0.2, 0.25) is 0 Å². The zero-order valence-electron chi connectivity index (χ0n) is 29.5. The zero-order valence-corrected chi connectivity index (χ0v) is 29.5. The van der Waals surface area contributed by atoms with Gasteiger partial charge >= 0.3 is 0 Å². The quantitative estimate of drug-likeness (QED) is 0.0565. The number of amides is 7. The van der Waals surface area contributed by atoms with Crippen LogP contribution in [0.1, 0.15) is 66.7 Å². The summed E-state index contributed by atoms with van der Waals surface area (Å²) < 4.78 is 10.7. The Balaban J connectivity index is 1.65. The standard InChI is InChI=1S/C33H55N7O9/c1-7-26(41)38-23(6)31(46)40-13-9-24-18-33(24,40)32(47)37-19-27(42)39-25(17-21(2)3)30(45)36-12-14-48-15-16-49-20-28(43)34-10-8-11-35-29(44)22(4)5/h21,23-25H,4,7-20H2,1-3,5-6H3,(H,34,43)(H,35,44)(H,36,45)(H,37,47)(H,38,41)(H,39,42)/t23-,24?,25-,33?/m0/s1. The lowest BCUT2D eigenvalue weighted by Gasteiger charge is -2.30. The number of ether oxygens (including phenoxy) is 2. The summed E-state index contributed by atoms with van der Waals surface area (Å²) in [4.78, 5) is 88.4. The van der Waals surface area contributed by atoms with Gasteiger partial charge in [0, 0.05) is 38.2 Å². The van der Waals surface area contributed by atoms with Gasteiger partial charge < -0.3 is 46.3 Å². The lowest BCUT2D eigenvalue weighted by atomic mass is 10.0. The molecule has 49 heavy (non-hydrogen) atoms. The van der Waals surface area contributed by atoms with E-state index in [9.17, 15) is 33.6 Å². The maximum atomic E-state index is 13.2. The minimum absolute atomic E-state index is 0.00569. The minimum atomic E-state index is -1.01. The molecule has 0 bridgehead atoms. The van der Waals surface area contributed by atoms with Gasteiger partial charge in [0.05, 0.1) is 26.4 Å². The Morgan fingerprint density at radius 2 is 1.55 bits per heavy atom. The Morgan fingerprint density at radius 1 is 0.857 bits per heavy atom. The van der Waals surface area contributed by atoms with E-state index in [1.54, 1.807) is 20.8 Å². The molecule has 1 saturated carbocycles.